The highest BCUT2D eigenvalue weighted by Crippen LogP contribution is 2.20. The summed E-state index contributed by atoms with van der Waals surface area (Å²) < 4.78 is 7.06. The summed E-state index contributed by atoms with van der Waals surface area (Å²) in [5.41, 5.74) is 9.74. The molecule has 0 saturated carbocycles. The minimum absolute atomic E-state index is 0.147. The first-order chi connectivity index (χ1) is 18.0. The van der Waals surface area contributed by atoms with Gasteiger partial charge < -0.3 is 25.3 Å². The molecule has 8 heteroatoms. The molecule has 1 aliphatic rings. The van der Waals surface area contributed by atoms with Crippen LogP contribution in [0.15, 0.2) is 91.1 Å². The van der Waals surface area contributed by atoms with E-state index in [0.29, 0.717) is 41.3 Å². The number of nitrogens with two attached hydrogens (primary N) is 1. The minimum Gasteiger partial charge on any atom is -0.378 e. The highest BCUT2D eigenvalue weighted by atomic mass is 16.5. The van der Waals surface area contributed by atoms with Gasteiger partial charge in [-0.25, -0.2) is 0 Å². The third-order valence-electron chi connectivity index (χ3n) is 6.32. The zero-order valence-electron chi connectivity index (χ0n) is 20.1. The molecule has 1 fully saturated rings. The van der Waals surface area contributed by atoms with E-state index in [1.54, 1.807) is 71.4 Å². The molecule has 8 nitrogen and oxygen atoms in total. The molecular formula is C29H26N4O4. The molecule has 0 atom stereocenters. The zero-order valence-corrected chi connectivity index (χ0v) is 20.1. The molecule has 3 N–H and O–H groups in total. The van der Waals surface area contributed by atoms with Crippen LogP contribution in [0.1, 0.15) is 36.8 Å². The lowest BCUT2D eigenvalue weighted by Gasteiger charge is -2.28. The molecule has 2 heterocycles. The van der Waals surface area contributed by atoms with Gasteiger partial charge in [0, 0.05) is 53.0 Å². The quantitative estimate of drug-likeness (QED) is 0.379. The molecule has 1 saturated heterocycles. The topological polar surface area (TPSA) is 107 Å². The number of hydrogen-bond donors (Lipinski definition) is 2. The number of aromatic nitrogens is 1. The third-order valence-corrected chi connectivity index (χ3v) is 6.32. The summed E-state index contributed by atoms with van der Waals surface area (Å²) in [6.07, 6.45) is 1.74. The predicted molar refractivity (Wildman–Crippen MR) is 142 cm³/mol. The molecular weight excluding hydrogens is 468 g/mol. The summed E-state index contributed by atoms with van der Waals surface area (Å²) in [6.45, 7) is 3.09. The first-order valence-corrected chi connectivity index (χ1v) is 12.0. The van der Waals surface area contributed by atoms with Gasteiger partial charge in [0.25, 0.3) is 11.8 Å². The second kappa shape index (κ2) is 10.5. The molecule has 3 aromatic carbocycles. The lowest BCUT2D eigenvalue weighted by molar-refractivity contribution is 0.0990. The first kappa shape index (κ1) is 24.0. The Bertz CT molecular complexity index is 1420. The SMILES string of the molecule is NC(=O)c1cccn1-c1ccc(C(=O)c2ccc(NC(=O)c3ccc(N4CCOCC4)cc3)cc2)cc1. The van der Waals surface area contributed by atoms with E-state index >= 15 is 0 Å². The van der Waals surface area contributed by atoms with Gasteiger partial charge in [0.15, 0.2) is 5.78 Å². The summed E-state index contributed by atoms with van der Waals surface area (Å²) in [6, 6.07) is 24.6. The van der Waals surface area contributed by atoms with Crippen molar-refractivity contribution in [3.05, 3.63) is 114 Å². The Labute approximate surface area is 214 Å². The highest BCUT2D eigenvalue weighted by molar-refractivity contribution is 6.09. The minimum atomic E-state index is -0.526. The van der Waals surface area contributed by atoms with Crippen LogP contribution in [0, 0.1) is 0 Å². The van der Waals surface area contributed by atoms with Gasteiger partial charge in [0.2, 0.25) is 0 Å². The van der Waals surface area contributed by atoms with Crippen LogP contribution in [0.4, 0.5) is 11.4 Å². The van der Waals surface area contributed by atoms with E-state index in [4.69, 9.17) is 10.5 Å². The van der Waals surface area contributed by atoms with Gasteiger partial charge in [-0.1, -0.05) is 0 Å². The fraction of sp³-hybridized carbons (Fsp3) is 0.138. The average molecular weight is 495 g/mol. The van der Waals surface area contributed by atoms with Crippen molar-refractivity contribution in [2.24, 2.45) is 5.73 Å². The summed E-state index contributed by atoms with van der Waals surface area (Å²) >= 11 is 0. The van der Waals surface area contributed by atoms with Crippen molar-refractivity contribution >= 4 is 29.0 Å². The average Bonchev–Trinajstić information content (AvgIpc) is 3.44. The normalized spacial score (nSPS) is 13.2. The number of benzene rings is 3. The summed E-state index contributed by atoms with van der Waals surface area (Å²) in [4.78, 5) is 39.5. The molecule has 0 aliphatic carbocycles. The van der Waals surface area contributed by atoms with Gasteiger partial charge in [-0.15, -0.1) is 0 Å². The van der Waals surface area contributed by atoms with Crippen LogP contribution in [0.2, 0.25) is 0 Å². The van der Waals surface area contributed by atoms with E-state index in [1.807, 2.05) is 24.3 Å². The van der Waals surface area contributed by atoms with Crippen LogP contribution in [0.3, 0.4) is 0 Å². The Balaban J connectivity index is 1.22. The number of ether oxygens (including phenoxy) is 1. The maximum absolute atomic E-state index is 13.0. The van der Waals surface area contributed by atoms with E-state index in [-0.39, 0.29) is 11.7 Å². The summed E-state index contributed by atoms with van der Waals surface area (Å²) in [7, 11) is 0. The fourth-order valence-electron chi connectivity index (χ4n) is 4.30. The molecule has 186 valence electrons. The maximum Gasteiger partial charge on any atom is 0.265 e. The number of carbonyl (C=O) groups is 3. The van der Waals surface area contributed by atoms with E-state index in [2.05, 4.69) is 10.2 Å². The molecule has 0 bridgehead atoms. The Kier molecular flexibility index (Phi) is 6.83. The smallest absolute Gasteiger partial charge is 0.265 e. The number of primary amides is 1. The number of nitrogens with zero attached hydrogens (tertiary/aromatic N) is 2. The van der Waals surface area contributed by atoms with E-state index in [9.17, 15) is 14.4 Å². The molecule has 0 radical (unpaired) electrons. The zero-order chi connectivity index (χ0) is 25.8. The number of rotatable bonds is 7. The van der Waals surface area contributed by atoms with Crippen molar-refractivity contribution in [3.63, 3.8) is 0 Å². The molecule has 0 spiro atoms. The predicted octanol–water partition coefficient (Wildman–Crippen LogP) is 3.90. The molecule has 37 heavy (non-hydrogen) atoms. The van der Waals surface area contributed by atoms with Crippen LogP contribution in [-0.4, -0.2) is 48.5 Å². The number of hydrogen-bond acceptors (Lipinski definition) is 5. The van der Waals surface area contributed by atoms with Crippen molar-refractivity contribution in [1.29, 1.82) is 0 Å². The standard InChI is InChI=1S/C29H26N4O4/c30-28(35)26-2-1-15-33(26)25-13-5-21(6-14-25)27(34)20-3-9-23(10-4-20)31-29(36)22-7-11-24(12-8-22)32-16-18-37-19-17-32/h1-15H,16-19H2,(H2,30,35)(H,31,36). The van der Waals surface area contributed by atoms with Gasteiger partial charge in [-0.3, -0.25) is 14.4 Å². The van der Waals surface area contributed by atoms with Crippen LogP contribution >= 0.6 is 0 Å². The first-order valence-electron chi connectivity index (χ1n) is 12.0. The largest absolute Gasteiger partial charge is 0.378 e. The Morgan fingerprint density at radius 1 is 0.730 bits per heavy atom. The third kappa shape index (κ3) is 5.29. The van der Waals surface area contributed by atoms with E-state index < -0.39 is 5.91 Å². The molecule has 2 amide bonds. The Morgan fingerprint density at radius 2 is 1.30 bits per heavy atom. The Morgan fingerprint density at radius 3 is 1.92 bits per heavy atom. The summed E-state index contributed by atoms with van der Waals surface area (Å²) in [5.74, 6) is -0.892. The van der Waals surface area contributed by atoms with Crippen molar-refractivity contribution in [2.75, 3.05) is 36.5 Å². The molecule has 1 aromatic heterocycles. The number of morpholine rings is 1. The molecule has 4 aromatic rings. The van der Waals surface area contributed by atoms with Gasteiger partial charge in [0.05, 0.1) is 13.2 Å². The van der Waals surface area contributed by atoms with Crippen molar-refractivity contribution < 1.29 is 19.1 Å². The molecule has 5 rings (SSSR count). The van der Waals surface area contributed by atoms with Crippen LogP contribution in [0.5, 0.6) is 0 Å². The number of carbonyl (C=O) groups excluding carboxylic acids is 3. The van der Waals surface area contributed by atoms with E-state index in [0.717, 1.165) is 24.5 Å². The second-order valence-electron chi connectivity index (χ2n) is 8.68. The number of amides is 2. The monoisotopic (exact) mass is 494 g/mol. The van der Waals surface area contributed by atoms with Crippen molar-refractivity contribution in [2.45, 2.75) is 0 Å². The van der Waals surface area contributed by atoms with Crippen LogP contribution in [0.25, 0.3) is 5.69 Å². The molecule has 0 unspecified atom stereocenters. The van der Waals surface area contributed by atoms with Crippen molar-refractivity contribution in [3.8, 4) is 5.69 Å². The Hall–Kier alpha value is -4.69. The van der Waals surface area contributed by atoms with Gasteiger partial charge in [-0.2, -0.15) is 0 Å². The van der Waals surface area contributed by atoms with Gasteiger partial charge in [-0.05, 0) is 84.9 Å². The van der Waals surface area contributed by atoms with Gasteiger partial charge >= 0.3 is 0 Å². The summed E-state index contributed by atoms with van der Waals surface area (Å²) in [5, 5.41) is 2.88. The number of anilines is 2. The highest BCUT2D eigenvalue weighted by Gasteiger charge is 2.14. The fourth-order valence-corrected chi connectivity index (χ4v) is 4.30. The van der Waals surface area contributed by atoms with Crippen LogP contribution < -0.4 is 16.0 Å². The van der Waals surface area contributed by atoms with Crippen LogP contribution in [-0.2, 0) is 4.74 Å². The number of nitrogens with one attached hydrogen (secondary N) is 1. The second-order valence-corrected chi connectivity index (χ2v) is 8.68. The number of ketones is 1. The van der Waals surface area contributed by atoms with Crippen molar-refractivity contribution in [1.82, 2.24) is 4.57 Å². The van der Waals surface area contributed by atoms with E-state index in [1.165, 1.54) is 0 Å². The lowest BCUT2D eigenvalue weighted by atomic mass is 10.0. The lowest BCUT2D eigenvalue weighted by Crippen LogP contribution is -2.36. The maximum atomic E-state index is 13.0. The molecule has 1 aliphatic heterocycles. The van der Waals surface area contributed by atoms with Gasteiger partial charge in [0.1, 0.15) is 5.69 Å².